The van der Waals surface area contributed by atoms with E-state index in [1.807, 2.05) is 0 Å². The summed E-state index contributed by atoms with van der Waals surface area (Å²) in [6.07, 6.45) is 3.84. The van der Waals surface area contributed by atoms with Crippen LogP contribution in [-0.4, -0.2) is 23.3 Å². The molecule has 1 saturated carbocycles. The molecular formula is C11H21NO. The van der Waals surface area contributed by atoms with Crippen molar-refractivity contribution in [2.24, 2.45) is 0 Å². The van der Waals surface area contributed by atoms with Gasteiger partial charge in [-0.15, -0.1) is 0 Å². The second-order valence-electron chi connectivity index (χ2n) is 5.66. The van der Waals surface area contributed by atoms with E-state index in [0.717, 1.165) is 12.5 Å². The highest BCUT2D eigenvalue weighted by Crippen LogP contribution is 2.38. The topological polar surface area (TPSA) is 21.3 Å². The molecular weight excluding hydrogens is 162 g/mol. The van der Waals surface area contributed by atoms with Gasteiger partial charge in [0.2, 0.25) is 0 Å². The monoisotopic (exact) mass is 183 g/mol. The van der Waals surface area contributed by atoms with Crippen molar-refractivity contribution in [1.29, 1.82) is 0 Å². The average molecular weight is 183 g/mol. The molecule has 0 spiro atoms. The third-order valence-electron chi connectivity index (χ3n) is 3.09. The molecule has 1 saturated heterocycles. The zero-order valence-electron chi connectivity index (χ0n) is 9.18. The molecule has 2 heteroatoms. The van der Waals surface area contributed by atoms with Crippen LogP contribution in [0.4, 0.5) is 0 Å². The van der Waals surface area contributed by atoms with Gasteiger partial charge in [0.1, 0.15) is 0 Å². The lowest BCUT2D eigenvalue weighted by atomic mass is 9.94. The van der Waals surface area contributed by atoms with Crippen molar-refractivity contribution < 1.29 is 4.74 Å². The Morgan fingerprint density at radius 2 is 1.77 bits per heavy atom. The fourth-order valence-electron chi connectivity index (χ4n) is 2.36. The summed E-state index contributed by atoms with van der Waals surface area (Å²) in [5.74, 6) is 0. The van der Waals surface area contributed by atoms with Crippen LogP contribution < -0.4 is 5.32 Å². The number of hydrogen-bond donors (Lipinski definition) is 1. The van der Waals surface area contributed by atoms with Crippen molar-refractivity contribution in [3.8, 4) is 0 Å². The van der Waals surface area contributed by atoms with E-state index in [2.05, 4.69) is 33.0 Å². The molecule has 2 nitrogen and oxygen atoms in total. The highest BCUT2D eigenvalue weighted by atomic mass is 16.5. The molecule has 0 bridgehead atoms. The summed E-state index contributed by atoms with van der Waals surface area (Å²) in [7, 11) is 0. The first-order valence-electron chi connectivity index (χ1n) is 5.35. The third kappa shape index (κ3) is 2.05. The molecule has 13 heavy (non-hydrogen) atoms. The standard InChI is InChI=1S/C11H21NO/c1-10(2)7-9(11(3,4)13-10)12-8-5-6-8/h8-9,12H,5-7H2,1-4H3. The first-order chi connectivity index (χ1) is 5.89. The second-order valence-corrected chi connectivity index (χ2v) is 5.66. The predicted octanol–water partition coefficient (Wildman–Crippen LogP) is 2.08. The maximum atomic E-state index is 6.01. The lowest BCUT2D eigenvalue weighted by Crippen LogP contribution is -2.44. The van der Waals surface area contributed by atoms with Gasteiger partial charge in [0, 0.05) is 12.1 Å². The van der Waals surface area contributed by atoms with Crippen molar-refractivity contribution in [3.05, 3.63) is 0 Å². The van der Waals surface area contributed by atoms with Crippen LogP contribution in [0.15, 0.2) is 0 Å². The van der Waals surface area contributed by atoms with E-state index >= 15 is 0 Å². The first kappa shape index (κ1) is 9.47. The fraction of sp³-hybridized carbons (Fsp3) is 1.00. The van der Waals surface area contributed by atoms with Crippen LogP contribution in [0.1, 0.15) is 47.0 Å². The van der Waals surface area contributed by atoms with Crippen LogP contribution in [0.2, 0.25) is 0 Å². The van der Waals surface area contributed by atoms with Gasteiger partial charge in [-0.3, -0.25) is 0 Å². The Morgan fingerprint density at radius 1 is 1.15 bits per heavy atom. The van der Waals surface area contributed by atoms with E-state index in [1.54, 1.807) is 0 Å². The molecule has 1 heterocycles. The van der Waals surface area contributed by atoms with Crippen LogP contribution in [0.5, 0.6) is 0 Å². The maximum Gasteiger partial charge on any atom is 0.0787 e. The van der Waals surface area contributed by atoms with Crippen molar-refractivity contribution >= 4 is 0 Å². The van der Waals surface area contributed by atoms with E-state index in [-0.39, 0.29) is 11.2 Å². The largest absolute Gasteiger partial charge is 0.368 e. The van der Waals surface area contributed by atoms with Gasteiger partial charge in [-0.1, -0.05) is 0 Å². The summed E-state index contributed by atoms with van der Waals surface area (Å²) in [6, 6.07) is 1.32. The van der Waals surface area contributed by atoms with Gasteiger partial charge in [-0.2, -0.15) is 0 Å². The van der Waals surface area contributed by atoms with Crippen molar-refractivity contribution in [2.75, 3.05) is 0 Å². The maximum absolute atomic E-state index is 6.01. The summed E-state index contributed by atoms with van der Waals surface area (Å²) in [6.45, 7) is 8.76. The Kier molecular flexibility index (Phi) is 1.97. The Bertz CT molecular complexity index is 206. The van der Waals surface area contributed by atoms with Crippen LogP contribution in [0.25, 0.3) is 0 Å². The Labute approximate surface area is 81.0 Å². The molecule has 0 amide bonds. The summed E-state index contributed by atoms with van der Waals surface area (Å²) in [5.41, 5.74) is 0.0577. The molecule has 1 aliphatic carbocycles. The average Bonchev–Trinajstić information content (AvgIpc) is 2.62. The molecule has 1 N–H and O–H groups in total. The van der Waals surface area contributed by atoms with Gasteiger partial charge < -0.3 is 10.1 Å². The van der Waals surface area contributed by atoms with Crippen molar-refractivity contribution in [1.82, 2.24) is 5.32 Å². The Hall–Kier alpha value is -0.0800. The van der Waals surface area contributed by atoms with E-state index < -0.39 is 0 Å². The zero-order valence-corrected chi connectivity index (χ0v) is 9.18. The number of nitrogens with one attached hydrogen (secondary N) is 1. The second kappa shape index (κ2) is 2.71. The fourth-order valence-corrected chi connectivity index (χ4v) is 2.36. The van der Waals surface area contributed by atoms with Crippen molar-refractivity contribution in [2.45, 2.75) is 70.2 Å². The molecule has 2 fully saturated rings. The summed E-state index contributed by atoms with van der Waals surface area (Å²) >= 11 is 0. The SMILES string of the molecule is CC1(C)CC(NC2CC2)C(C)(C)O1. The quantitative estimate of drug-likeness (QED) is 0.707. The van der Waals surface area contributed by atoms with Gasteiger partial charge in [0.25, 0.3) is 0 Å². The predicted molar refractivity (Wildman–Crippen MR) is 53.8 cm³/mol. The molecule has 1 unspecified atom stereocenters. The van der Waals surface area contributed by atoms with Crippen LogP contribution in [-0.2, 0) is 4.74 Å². The number of ether oxygens (including phenoxy) is 1. The Balaban J connectivity index is 2.00. The molecule has 1 atom stereocenters. The van der Waals surface area contributed by atoms with Crippen molar-refractivity contribution in [3.63, 3.8) is 0 Å². The lowest BCUT2D eigenvalue weighted by molar-refractivity contribution is -0.0699. The third-order valence-corrected chi connectivity index (χ3v) is 3.09. The summed E-state index contributed by atoms with van der Waals surface area (Å²) < 4.78 is 6.01. The first-order valence-corrected chi connectivity index (χ1v) is 5.35. The number of rotatable bonds is 2. The highest BCUT2D eigenvalue weighted by molar-refractivity contribution is 5.01. The minimum Gasteiger partial charge on any atom is -0.368 e. The highest BCUT2D eigenvalue weighted by Gasteiger charge is 2.47. The lowest BCUT2D eigenvalue weighted by Gasteiger charge is -2.27. The minimum atomic E-state index is 0.00604. The van der Waals surface area contributed by atoms with E-state index in [1.165, 1.54) is 12.8 Å². The van der Waals surface area contributed by atoms with E-state index in [9.17, 15) is 0 Å². The van der Waals surface area contributed by atoms with E-state index in [4.69, 9.17) is 4.74 Å². The normalized spacial score (nSPS) is 36.5. The number of hydrogen-bond acceptors (Lipinski definition) is 2. The summed E-state index contributed by atoms with van der Waals surface area (Å²) in [4.78, 5) is 0. The molecule has 0 aromatic heterocycles. The van der Waals surface area contributed by atoms with Gasteiger partial charge in [0.15, 0.2) is 0 Å². The molecule has 0 aromatic rings. The van der Waals surface area contributed by atoms with Crippen LogP contribution in [0, 0.1) is 0 Å². The van der Waals surface area contributed by atoms with Gasteiger partial charge in [-0.05, 0) is 47.0 Å². The molecule has 76 valence electrons. The molecule has 1 aliphatic heterocycles. The van der Waals surface area contributed by atoms with E-state index in [0.29, 0.717) is 6.04 Å². The van der Waals surface area contributed by atoms with Gasteiger partial charge in [0.05, 0.1) is 11.2 Å². The smallest absolute Gasteiger partial charge is 0.0787 e. The Morgan fingerprint density at radius 3 is 2.15 bits per heavy atom. The zero-order chi connectivity index (χ0) is 9.69. The minimum absolute atomic E-state index is 0.00604. The molecule has 0 radical (unpaired) electrons. The van der Waals surface area contributed by atoms with Crippen LogP contribution >= 0.6 is 0 Å². The van der Waals surface area contributed by atoms with Gasteiger partial charge >= 0.3 is 0 Å². The molecule has 0 aromatic carbocycles. The molecule has 2 aliphatic rings. The van der Waals surface area contributed by atoms with Gasteiger partial charge in [-0.25, -0.2) is 0 Å². The van der Waals surface area contributed by atoms with Crippen LogP contribution in [0.3, 0.4) is 0 Å². The summed E-state index contributed by atoms with van der Waals surface area (Å²) in [5, 5.41) is 3.67. The molecule has 2 rings (SSSR count).